The summed E-state index contributed by atoms with van der Waals surface area (Å²) in [6.45, 7) is 6.73. The molecule has 0 aliphatic carbocycles. The second kappa shape index (κ2) is 12.8. The van der Waals surface area contributed by atoms with Gasteiger partial charge in [-0.05, 0) is 0 Å². The fraction of sp³-hybridized carbons (Fsp3) is 0.800. The third kappa shape index (κ3) is 11.0. The summed E-state index contributed by atoms with van der Waals surface area (Å²) in [4.78, 5) is 28.0. The highest BCUT2D eigenvalue weighted by Crippen LogP contribution is 1.90. The second-order valence-corrected chi connectivity index (χ2v) is 3.20. The van der Waals surface area contributed by atoms with Gasteiger partial charge in [0.1, 0.15) is 0 Å². The number of rotatable bonds is 1. The summed E-state index contributed by atoms with van der Waals surface area (Å²) >= 11 is 0. The van der Waals surface area contributed by atoms with Crippen molar-refractivity contribution in [1.29, 1.82) is 0 Å². The molecule has 0 aromatic carbocycles. The Hall–Kier alpha value is -1.27. The summed E-state index contributed by atoms with van der Waals surface area (Å²) in [5.41, 5.74) is 0. The number of morpholine rings is 2. The molecule has 0 atom stereocenters. The van der Waals surface area contributed by atoms with E-state index >= 15 is 0 Å². The van der Waals surface area contributed by atoms with Crippen LogP contribution in [0.4, 0.5) is 0 Å². The largest absolute Gasteiger partial charge is 0.379 e. The molecule has 7 nitrogen and oxygen atoms in total. The van der Waals surface area contributed by atoms with Gasteiger partial charge in [0.25, 0.3) is 0 Å². The minimum absolute atomic E-state index is 0. The molecule has 0 unspecified atom stereocenters. The SMILES string of the molecule is C1COCCN1.O=C=O.O=CN1CCOCC1.[HH]. The third-order valence-electron chi connectivity index (χ3n) is 2.04. The lowest BCUT2D eigenvalue weighted by atomic mass is 10.5. The molecule has 2 saturated heterocycles. The van der Waals surface area contributed by atoms with E-state index in [4.69, 9.17) is 19.1 Å². The monoisotopic (exact) mass is 248 g/mol. The van der Waals surface area contributed by atoms with E-state index < -0.39 is 0 Å². The summed E-state index contributed by atoms with van der Waals surface area (Å²) in [6, 6.07) is 0. The van der Waals surface area contributed by atoms with Crippen molar-refractivity contribution in [2.45, 2.75) is 0 Å². The number of hydrogen-bond acceptors (Lipinski definition) is 6. The van der Waals surface area contributed by atoms with E-state index in [-0.39, 0.29) is 7.58 Å². The van der Waals surface area contributed by atoms with Crippen molar-refractivity contribution >= 4 is 12.6 Å². The molecule has 2 fully saturated rings. The fourth-order valence-corrected chi connectivity index (χ4v) is 1.20. The Balaban J connectivity index is 0. The predicted octanol–water partition coefficient (Wildman–Crippen LogP) is -1.26. The van der Waals surface area contributed by atoms with Crippen LogP contribution in [0.5, 0.6) is 0 Å². The topological polar surface area (TPSA) is 84.9 Å². The summed E-state index contributed by atoms with van der Waals surface area (Å²) in [7, 11) is 0. The Kier molecular flexibility index (Phi) is 11.8. The van der Waals surface area contributed by atoms with Crippen LogP contribution in [0.15, 0.2) is 0 Å². The smallest absolute Gasteiger partial charge is 0.373 e. The summed E-state index contributed by atoms with van der Waals surface area (Å²) in [6.07, 6.45) is 1.11. The maximum Gasteiger partial charge on any atom is 0.373 e. The van der Waals surface area contributed by atoms with Gasteiger partial charge >= 0.3 is 6.15 Å². The van der Waals surface area contributed by atoms with Crippen molar-refractivity contribution < 1.29 is 25.3 Å². The Labute approximate surface area is 102 Å². The lowest BCUT2D eigenvalue weighted by Gasteiger charge is -2.21. The fourth-order valence-electron chi connectivity index (χ4n) is 1.20. The van der Waals surface area contributed by atoms with E-state index in [2.05, 4.69) is 5.32 Å². The van der Waals surface area contributed by atoms with Gasteiger partial charge in [-0.2, -0.15) is 9.59 Å². The zero-order valence-electron chi connectivity index (χ0n) is 9.72. The summed E-state index contributed by atoms with van der Waals surface area (Å²) in [5, 5.41) is 3.16. The van der Waals surface area contributed by atoms with Crippen LogP contribution < -0.4 is 5.32 Å². The average Bonchev–Trinajstić information content (AvgIpc) is 2.43. The molecule has 0 radical (unpaired) electrons. The molecule has 2 aliphatic heterocycles. The van der Waals surface area contributed by atoms with Gasteiger partial charge < -0.3 is 19.7 Å². The van der Waals surface area contributed by atoms with Crippen molar-refractivity contribution in [3.05, 3.63) is 0 Å². The van der Waals surface area contributed by atoms with Crippen LogP contribution >= 0.6 is 0 Å². The van der Waals surface area contributed by atoms with Crippen molar-refractivity contribution in [2.24, 2.45) is 0 Å². The lowest BCUT2D eigenvalue weighted by Crippen LogP contribution is -2.34. The van der Waals surface area contributed by atoms with E-state index in [9.17, 15) is 4.79 Å². The molecule has 0 saturated carbocycles. The molecule has 0 spiro atoms. The predicted molar refractivity (Wildman–Crippen MR) is 59.3 cm³/mol. The highest BCUT2D eigenvalue weighted by molar-refractivity contribution is 5.46. The molecule has 100 valence electrons. The van der Waals surface area contributed by atoms with Crippen LogP contribution in [0.2, 0.25) is 0 Å². The number of nitrogens with one attached hydrogen (secondary N) is 1. The van der Waals surface area contributed by atoms with Crippen molar-refractivity contribution in [1.82, 2.24) is 10.2 Å². The Morgan fingerprint density at radius 3 is 1.76 bits per heavy atom. The Morgan fingerprint density at radius 1 is 1.06 bits per heavy atom. The van der Waals surface area contributed by atoms with Gasteiger partial charge in [0.15, 0.2) is 0 Å². The van der Waals surface area contributed by atoms with E-state index in [1.807, 2.05) is 0 Å². The van der Waals surface area contributed by atoms with Crippen LogP contribution in [0.25, 0.3) is 0 Å². The highest BCUT2D eigenvalue weighted by atomic mass is 16.5. The number of hydrogen-bond donors (Lipinski definition) is 1. The zero-order valence-corrected chi connectivity index (χ0v) is 9.72. The first-order valence-electron chi connectivity index (χ1n) is 5.40. The zero-order chi connectivity index (χ0) is 12.8. The van der Waals surface area contributed by atoms with Gasteiger partial charge in [0.05, 0.1) is 26.4 Å². The molecule has 1 N–H and O–H groups in total. The van der Waals surface area contributed by atoms with Crippen LogP contribution in [0.1, 0.15) is 1.43 Å². The minimum atomic E-state index is 0. The first-order chi connectivity index (χ1) is 8.35. The second-order valence-electron chi connectivity index (χ2n) is 3.20. The molecule has 0 aromatic heterocycles. The molecule has 17 heavy (non-hydrogen) atoms. The molecule has 0 aromatic rings. The number of amides is 1. The van der Waals surface area contributed by atoms with Gasteiger partial charge in [-0.25, -0.2) is 0 Å². The molecule has 2 aliphatic rings. The first-order valence-corrected chi connectivity index (χ1v) is 5.40. The van der Waals surface area contributed by atoms with E-state index in [1.54, 1.807) is 4.90 Å². The number of carbonyl (C=O) groups is 1. The molecule has 7 heteroatoms. The van der Waals surface area contributed by atoms with Gasteiger partial charge in [0, 0.05) is 27.6 Å². The minimum Gasteiger partial charge on any atom is -0.379 e. The molecule has 2 rings (SSSR count). The summed E-state index contributed by atoms with van der Waals surface area (Å²) in [5.74, 6) is 0. The highest BCUT2D eigenvalue weighted by Gasteiger charge is 2.05. The maximum absolute atomic E-state index is 10.0. The third-order valence-corrected chi connectivity index (χ3v) is 2.04. The standard InChI is InChI=1S/C5H9NO2.C4H9NO.CO2.H2/c7-5-6-1-3-8-4-2-6;1-3-6-4-2-5-1;2-1-3;/h5H,1-4H2;5H,1-4H2;;1H. The van der Waals surface area contributed by atoms with Crippen LogP contribution in [0.3, 0.4) is 0 Å². The van der Waals surface area contributed by atoms with E-state index in [1.165, 1.54) is 0 Å². The van der Waals surface area contributed by atoms with Gasteiger partial charge in [0.2, 0.25) is 6.41 Å². The molecule has 1 amide bonds. The van der Waals surface area contributed by atoms with Crippen LogP contribution in [-0.2, 0) is 23.9 Å². The first kappa shape index (κ1) is 15.7. The Morgan fingerprint density at radius 2 is 1.53 bits per heavy atom. The van der Waals surface area contributed by atoms with Gasteiger partial charge in [-0.3, -0.25) is 4.79 Å². The molecular formula is C10H20N2O5. The summed E-state index contributed by atoms with van der Waals surface area (Å²) < 4.78 is 10.0. The van der Waals surface area contributed by atoms with Crippen molar-refractivity contribution in [2.75, 3.05) is 52.6 Å². The van der Waals surface area contributed by atoms with Gasteiger partial charge in [-0.15, -0.1) is 0 Å². The average molecular weight is 248 g/mol. The lowest BCUT2D eigenvalue weighted by molar-refractivity contribution is -0.191. The van der Waals surface area contributed by atoms with Crippen molar-refractivity contribution in [3.8, 4) is 0 Å². The van der Waals surface area contributed by atoms with E-state index in [0.717, 1.165) is 45.8 Å². The normalized spacial score (nSPS) is 18.7. The van der Waals surface area contributed by atoms with Crippen LogP contribution in [-0.4, -0.2) is 70.1 Å². The number of nitrogens with zero attached hydrogens (tertiary/aromatic N) is 1. The molecular weight excluding hydrogens is 228 g/mol. The number of ether oxygens (including phenoxy) is 2. The molecule has 0 bridgehead atoms. The van der Waals surface area contributed by atoms with Crippen LogP contribution in [0, 0.1) is 0 Å². The number of carbonyl (C=O) groups excluding carboxylic acids is 3. The maximum atomic E-state index is 10.0. The van der Waals surface area contributed by atoms with E-state index in [0.29, 0.717) is 13.2 Å². The molecule has 2 heterocycles. The quantitative estimate of drug-likeness (QED) is 0.583. The van der Waals surface area contributed by atoms with Gasteiger partial charge in [-0.1, -0.05) is 0 Å². The van der Waals surface area contributed by atoms with Crippen molar-refractivity contribution in [3.63, 3.8) is 0 Å². The Bertz CT molecular complexity index is 203.